The molecule has 0 saturated carbocycles. The SMILES string of the molecule is C=C(C)C(=O)OC(C)(OC(=O)C(=C)C)C(=O)O. The Morgan fingerprint density at radius 3 is 1.47 bits per heavy atom. The number of ether oxygens (including phenoxy) is 2. The Hall–Kier alpha value is -2.11. The van der Waals surface area contributed by atoms with Crippen LogP contribution in [0.1, 0.15) is 20.8 Å². The molecule has 94 valence electrons. The molecule has 0 saturated heterocycles. The average Bonchev–Trinajstić information content (AvgIpc) is 2.16. The van der Waals surface area contributed by atoms with Gasteiger partial charge in [-0.25, -0.2) is 14.4 Å². The Bertz CT molecular complexity index is 365. The minimum Gasteiger partial charge on any atom is -0.475 e. The van der Waals surface area contributed by atoms with Gasteiger partial charge in [-0.1, -0.05) is 13.2 Å². The quantitative estimate of drug-likeness (QED) is 0.440. The molecule has 0 aliphatic carbocycles. The highest BCUT2D eigenvalue weighted by atomic mass is 16.7. The lowest BCUT2D eigenvalue weighted by molar-refractivity contribution is -0.227. The summed E-state index contributed by atoms with van der Waals surface area (Å²) in [5.41, 5.74) is -0.0207. The molecule has 0 fully saturated rings. The summed E-state index contributed by atoms with van der Waals surface area (Å²) in [4.78, 5) is 33.4. The zero-order valence-electron chi connectivity index (χ0n) is 9.90. The zero-order chi connectivity index (χ0) is 13.8. The third-order valence-corrected chi connectivity index (χ3v) is 1.66. The number of esters is 2. The van der Waals surface area contributed by atoms with Crippen LogP contribution in [0.5, 0.6) is 0 Å². The fourth-order valence-corrected chi connectivity index (χ4v) is 0.636. The molecule has 0 spiro atoms. The molecule has 1 N–H and O–H groups in total. The third-order valence-electron chi connectivity index (χ3n) is 1.66. The van der Waals surface area contributed by atoms with Gasteiger partial charge in [-0.2, -0.15) is 0 Å². The summed E-state index contributed by atoms with van der Waals surface area (Å²) in [6, 6.07) is 0. The van der Waals surface area contributed by atoms with E-state index < -0.39 is 23.7 Å². The first-order chi connectivity index (χ1) is 7.60. The van der Waals surface area contributed by atoms with E-state index in [2.05, 4.69) is 22.6 Å². The molecule has 0 aliphatic rings. The predicted octanol–water partition coefficient (Wildman–Crippen LogP) is 1.03. The van der Waals surface area contributed by atoms with Crippen LogP contribution in [0.25, 0.3) is 0 Å². The van der Waals surface area contributed by atoms with Gasteiger partial charge in [-0.3, -0.25) is 0 Å². The van der Waals surface area contributed by atoms with Gasteiger partial charge in [-0.05, 0) is 13.8 Å². The molecule has 17 heavy (non-hydrogen) atoms. The molecule has 6 nitrogen and oxygen atoms in total. The largest absolute Gasteiger partial charge is 0.475 e. The lowest BCUT2D eigenvalue weighted by Gasteiger charge is -2.24. The highest BCUT2D eigenvalue weighted by Crippen LogP contribution is 2.17. The van der Waals surface area contributed by atoms with Crippen molar-refractivity contribution < 1.29 is 29.0 Å². The second-order valence-corrected chi connectivity index (χ2v) is 3.59. The molecule has 0 bridgehead atoms. The molecule has 0 atom stereocenters. The van der Waals surface area contributed by atoms with E-state index in [1.807, 2.05) is 0 Å². The number of carboxylic acid groups (broad SMARTS) is 1. The van der Waals surface area contributed by atoms with Crippen LogP contribution in [0.2, 0.25) is 0 Å². The van der Waals surface area contributed by atoms with Crippen LogP contribution in [0, 0.1) is 0 Å². The van der Waals surface area contributed by atoms with Crippen molar-refractivity contribution in [2.75, 3.05) is 0 Å². The normalized spacial score (nSPS) is 10.3. The van der Waals surface area contributed by atoms with Gasteiger partial charge < -0.3 is 14.6 Å². The summed E-state index contributed by atoms with van der Waals surface area (Å²) in [6.45, 7) is 10.2. The number of hydrogen-bond acceptors (Lipinski definition) is 5. The molecule has 0 aromatic heterocycles. The molecule has 6 heteroatoms. The van der Waals surface area contributed by atoms with Crippen LogP contribution >= 0.6 is 0 Å². The van der Waals surface area contributed by atoms with Gasteiger partial charge in [0.1, 0.15) is 0 Å². The van der Waals surface area contributed by atoms with E-state index in [1.165, 1.54) is 13.8 Å². The monoisotopic (exact) mass is 242 g/mol. The van der Waals surface area contributed by atoms with Crippen LogP contribution in [0.3, 0.4) is 0 Å². The molecule has 0 unspecified atom stereocenters. The first-order valence-corrected chi connectivity index (χ1v) is 4.61. The molecule has 0 radical (unpaired) electrons. The van der Waals surface area contributed by atoms with E-state index in [9.17, 15) is 14.4 Å². The Balaban J connectivity index is 4.99. The standard InChI is InChI=1S/C11H14O6/c1-6(2)8(12)16-11(5,10(14)15)17-9(13)7(3)4/h1,3H2,2,4-5H3,(H,14,15). The van der Waals surface area contributed by atoms with E-state index in [-0.39, 0.29) is 11.1 Å². The maximum atomic E-state index is 11.2. The Morgan fingerprint density at radius 1 is 1.00 bits per heavy atom. The van der Waals surface area contributed by atoms with Crippen LogP contribution in [0.15, 0.2) is 24.3 Å². The Morgan fingerprint density at radius 2 is 1.29 bits per heavy atom. The predicted molar refractivity (Wildman–Crippen MR) is 57.9 cm³/mol. The van der Waals surface area contributed by atoms with Gasteiger partial charge in [0.15, 0.2) is 0 Å². The number of aliphatic carboxylic acids is 1. The van der Waals surface area contributed by atoms with Gasteiger partial charge in [0.25, 0.3) is 0 Å². The molecule has 0 amide bonds. The topological polar surface area (TPSA) is 89.9 Å². The van der Waals surface area contributed by atoms with E-state index in [1.54, 1.807) is 0 Å². The lowest BCUT2D eigenvalue weighted by Crippen LogP contribution is -2.45. The Labute approximate surface area is 98.5 Å². The second kappa shape index (κ2) is 5.29. The first-order valence-electron chi connectivity index (χ1n) is 4.61. The summed E-state index contributed by atoms with van der Waals surface area (Å²) >= 11 is 0. The fraction of sp³-hybridized carbons (Fsp3) is 0.364. The second-order valence-electron chi connectivity index (χ2n) is 3.59. The Kier molecular flexibility index (Phi) is 4.63. The zero-order valence-corrected chi connectivity index (χ0v) is 9.90. The van der Waals surface area contributed by atoms with Crippen LogP contribution < -0.4 is 0 Å². The summed E-state index contributed by atoms with van der Waals surface area (Å²) in [7, 11) is 0. The first kappa shape index (κ1) is 14.9. The minimum atomic E-state index is -2.40. The van der Waals surface area contributed by atoms with Crippen molar-refractivity contribution in [1.29, 1.82) is 0 Å². The number of rotatable bonds is 5. The van der Waals surface area contributed by atoms with Crippen molar-refractivity contribution in [3.05, 3.63) is 24.3 Å². The third kappa shape index (κ3) is 4.10. The molecule has 0 heterocycles. The van der Waals surface area contributed by atoms with Crippen LogP contribution in [0.4, 0.5) is 0 Å². The number of hydrogen-bond donors (Lipinski definition) is 1. The molecule has 0 aliphatic heterocycles. The number of carbonyl (C=O) groups is 3. The van der Waals surface area contributed by atoms with Crippen molar-refractivity contribution in [1.82, 2.24) is 0 Å². The number of carbonyl (C=O) groups excluding carboxylic acids is 2. The van der Waals surface area contributed by atoms with Crippen LogP contribution in [-0.4, -0.2) is 28.8 Å². The van der Waals surface area contributed by atoms with Gasteiger partial charge in [0.05, 0.1) is 0 Å². The van der Waals surface area contributed by atoms with E-state index in [4.69, 9.17) is 5.11 Å². The highest BCUT2D eigenvalue weighted by molar-refractivity contribution is 5.93. The molecular weight excluding hydrogens is 228 g/mol. The van der Waals surface area contributed by atoms with Gasteiger partial charge in [0.2, 0.25) is 0 Å². The van der Waals surface area contributed by atoms with Gasteiger partial charge in [-0.15, -0.1) is 0 Å². The highest BCUT2D eigenvalue weighted by Gasteiger charge is 2.42. The van der Waals surface area contributed by atoms with Gasteiger partial charge >= 0.3 is 23.7 Å². The van der Waals surface area contributed by atoms with Crippen molar-refractivity contribution >= 4 is 17.9 Å². The van der Waals surface area contributed by atoms with Crippen molar-refractivity contribution in [2.45, 2.75) is 26.6 Å². The maximum absolute atomic E-state index is 11.2. The lowest BCUT2D eigenvalue weighted by atomic mass is 10.3. The van der Waals surface area contributed by atoms with Crippen molar-refractivity contribution in [3.8, 4) is 0 Å². The summed E-state index contributed by atoms with van der Waals surface area (Å²) in [5, 5.41) is 8.88. The molecule has 0 rings (SSSR count). The van der Waals surface area contributed by atoms with E-state index in [0.29, 0.717) is 0 Å². The van der Waals surface area contributed by atoms with E-state index in [0.717, 1.165) is 6.92 Å². The summed E-state index contributed by atoms with van der Waals surface area (Å²) in [5.74, 6) is -5.94. The average molecular weight is 242 g/mol. The van der Waals surface area contributed by atoms with Gasteiger partial charge in [0, 0.05) is 18.1 Å². The smallest absolute Gasteiger partial charge is 0.390 e. The molecule has 0 aromatic rings. The fourth-order valence-electron chi connectivity index (χ4n) is 0.636. The van der Waals surface area contributed by atoms with Crippen LogP contribution in [-0.2, 0) is 23.9 Å². The minimum absolute atomic E-state index is 0.0103. The van der Waals surface area contributed by atoms with Crippen molar-refractivity contribution in [3.63, 3.8) is 0 Å². The summed E-state index contributed by atoms with van der Waals surface area (Å²) in [6.07, 6.45) is 0. The number of carboxylic acids is 1. The van der Waals surface area contributed by atoms with E-state index >= 15 is 0 Å². The summed E-state index contributed by atoms with van der Waals surface area (Å²) < 4.78 is 9.12. The van der Waals surface area contributed by atoms with Crippen molar-refractivity contribution in [2.24, 2.45) is 0 Å². The molecular formula is C11H14O6. The maximum Gasteiger partial charge on any atom is 0.390 e. The molecule has 0 aromatic carbocycles.